The van der Waals surface area contributed by atoms with E-state index in [-0.39, 0.29) is 6.04 Å². The van der Waals surface area contributed by atoms with Gasteiger partial charge in [-0.3, -0.25) is 11.3 Å². The number of thiazole rings is 1. The molecule has 2 aromatic rings. The average Bonchev–Trinajstić information content (AvgIpc) is 2.73. The quantitative estimate of drug-likeness (QED) is 0.644. The van der Waals surface area contributed by atoms with E-state index in [9.17, 15) is 0 Å². The van der Waals surface area contributed by atoms with Gasteiger partial charge < -0.3 is 0 Å². The van der Waals surface area contributed by atoms with Crippen LogP contribution >= 0.6 is 11.3 Å². The Labute approximate surface area is 106 Å². The summed E-state index contributed by atoms with van der Waals surface area (Å²) in [5.41, 5.74) is 6.42. The predicted octanol–water partition coefficient (Wildman–Crippen LogP) is 2.51. The van der Waals surface area contributed by atoms with Gasteiger partial charge in [-0.05, 0) is 25.8 Å². The van der Waals surface area contributed by atoms with Crippen molar-refractivity contribution >= 4 is 11.3 Å². The van der Waals surface area contributed by atoms with Gasteiger partial charge in [0.15, 0.2) is 0 Å². The SMILES string of the molecule is Cc1cccc(CC(NN)c2csc(C)n2)c1. The van der Waals surface area contributed by atoms with E-state index >= 15 is 0 Å². The number of nitrogens with one attached hydrogen (secondary N) is 1. The standard InChI is InChI=1S/C13H17N3S/c1-9-4-3-5-11(6-9)7-12(16-14)13-8-17-10(2)15-13/h3-6,8,12,16H,7,14H2,1-2H3. The molecule has 1 unspecified atom stereocenters. The fraction of sp³-hybridized carbons (Fsp3) is 0.308. The van der Waals surface area contributed by atoms with Crippen molar-refractivity contribution in [1.82, 2.24) is 10.4 Å². The first kappa shape index (κ1) is 12.2. The lowest BCUT2D eigenvalue weighted by Gasteiger charge is -2.13. The van der Waals surface area contributed by atoms with Crippen molar-refractivity contribution in [2.75, 3.05) is 0 Å². The van der Waals surface area contributed by atoms with Gasteiger partial charge in [-0.1, -0.05) is 29.8 Å². The summed E-state index contributed by atoms with van der Waals surface area (Å²) in [6.45, 7) is 4.11. The molecule has 17 heavy (non-hydrogen) atoms. The highest BCUT2D eigenvalue weighted by Gasteiger charge is 2.13. The van der Waals surface area contributed by atoms with E-state index < -0.39 is 0 Å². The number of hydrogen-bond acceptors (Lipinski definition) is 4. The van der Waals surface area contributed by atoms with E-state index in [0.29, 0.717) is 0 Å². The zero-order chi connectivity index (χ0) is 12.3. The maximum atomic E-state index is 5.61. The molecule has 0 aliphatic heterocycles. The van der Waals surface area contributed by atoms with E-state index in [1.807, 2.05) is 6.92 Å². The highest BCUT2D eigenvalue weighted by Crippen LogP contribution is 2.20. The van der Waals surface area contributed by atoms with E-state index in [1.165, 1.54) is 11.1 Å². The smallest absolute Gasteiger partial charge is 0.0898 e. The van der Waals surface area contributed by atoms with Crippen molar-refractivity contribution < 1.29 is 0 Å². The summed E-state index contributed by atoms with van der Waals surface area (Å²) in [6, 6.07) is 8.56. The molecule has 0 radical (unpaired) electrons. The van der Waals surface area contributed by atoms with Crippen molar-refractivity contribution in [3.05, 3.63) is 51.5 Å². The molecule has 1 heterocycles. The maximum absolute atomic E-state index is 5.61. The van der Waals surface area contributed by atoms with Gasteiger partial charge in [0.05, 0.1) is 16.7 Å². The summed E-state index contributed by atoms with van der Waals surface area (Å²) in [7, 11) is 0. The number of nitrogens with two attached hydrogens (primary N) is 1. The van der Waals surface area contributed by atoms with Crippen molar-refractivity contribution in [1.29, 1.82) is 0 Å². The highest BCUT2D eigenvalue weighted by molar-refractivity contribution is 7.09. The Hall–Kier alpha value is -1.23. The fourth-order valence-corrected chi connectivity index (χ4v) is 2.53. The van der Waals surface area contributed by atoms with Crippen LogP contribution in [-0.2, 0) is 6.42 Å². The third-order valence-corrected chi connectivity index (χ3v) is 3.51. The van der Waals surface area contributed by atoms with E-state index in [0.717, 1.165) is 17.1 Å². The minimum atomic E-state index is 0.0850. The molecule has 0 spiro atoms. The van der Waals surface area contributed by atoms with Gasteiger partial charge in [-0.2, -0.15) is 0 Å². The summed E-state index contributed by atoms with van der Waals surface area (Å²) in [4.78, 5) is 4.48. The monoisotopic (exact) mass is 247 g/mol. The van der Waals surface area contributed by atoms with Crippen LogP contribution in [-0.4, -0.2) is 4.98 Å². The van der Waals surface area contributed by atoms with E-state index in [2.05, 4.69) is 47.0 Å². The lowest BCUT2D eigenvalue weighted by molar-refractivity contribution is 0.540. The normalized spacial score (nSPS) is 12.6. The molecule has 0 bridgehead atoms. The molecule has 0 aliphatic rings. The molecule has 3 N–H and O–H groups in total. The minimum absolute atomic E-state index is 0.0850. The van der Waals surface area contributed by atoms with Gasteiger partial charge in [-0.15, -0.1) is 11.3 Å². The molecule has 90 valence electrons. The number of aromatic nitrogens is 1. The van der Waals surface area contributed by atoms with Crippen molar-refractivity contribution in [3.8, 4) is 0 Å². The van der Waals surface area contributed by atoms with Crippen LogP contribution in [0.25, 0.3) is 0 Å². The molecule has 2 rings (SSSR count). The van der Waals surface area contributed by atoms with Crippen LogP contribution in [0.15, 0.2) is 29.6 Å². The fourth-order valence-electron chi connectivity index (χ4n) is 1.86. The molecule has 0 amide bonds. The summed E-state index contributed by atoms with van der Waals surface area (Å²) in [6.07, 6.45) is 0.862. The summed E-state index contributed by atoms with van der Waals surface area (Å²) >= 11 is 1.66. The molecule has 0 saturated carbocycles. The lowest BCUT2D eigenvalue weighted by Crippen LogP contribution is -2.29. The number of rotatable bonds is 4. The number of hydrazine groups is 1. The maximum Gasteiger partial charge on any atom is 0.0898 e. The topological polar surface area (TPSA) is 50.9 Å². The average molecular weight is 247 g/mol. The minimum Gasteiger partial charge on any atom is -0.271 e. The van der Waals surface area contributed by atoms with Gasteiger partial charge in [0.1, 0.15) is 0 Å². The van der Waals surface area contributed by atoms with Crippen LogP contribution in [0.2, 0.25) is 0 Å². The molecule has 0 fully saturated rings. The Kier molecular flexibility index (Phi) is 3.89. The van der Waals surface area contributed by atoms with Crippen LogP contribution < -0.4 is 11.3 Å². The Balaban J connectivity index is 2.15. The molecule has 1 aromatic heterocycles. The third kappa shape index (κ3) is 3.12. The van der Waals surface area contributed by atoms with Gasteiger partial charge in [-0.25, -0.2) is 4.98 Å². The molecular weight excluding hydrogens is 230 g/mol. The molecule has 0 saturated heterocycles. The van der Waals surface area contributed by atoms with Crippen LogP contribution in [0.1, 0.15) is 27.9 Å². The first-order chi connectivity index (χ1) is 8.19. The highest BCUT2D eigenvalue weighted by atomic mass is 32.1. The zero-order valence-electron chi connectivity index (χ0n) is 10.1. The molecule has 0 aliphatic carbocycles. The Morgan fingerprint density at radius 1 is 1.41 bits per heavy atom. The number of benzene rings is 1. The zero-order valence-corrected chi connectivity index (χ0v) is 10.9. The Morgan fingerprint density at radius 2 is 2.24 bits per heavy atom. The Bertz CT molecular complexity index is 493. The second kappa shape index (κ2) is 5.40. The van der Waals surface area contributed by atoms with Crippen molar-refractivity contribution in [2.45, 2.75) is 26.3 Å². The van der Waals surface area contributed by atoms with Crippen molar-refractivity contribution in [2.24, 2.45) is 5.84 Å². The number of hydrogen-bond donors (Lipinski definition) is 2. The van der Waals surface area contributed by atoms with Crippen LogP contribution in [0.5, 0.6) is 0 Å². The van der Waals surface area contributed by atoms with Crippen LogP contribution in [0.4, 0.5) is 0 Å². The molecule has 4 heteroatoms. The van der Waals surface area contributed by atoms with Gasteiger partial charge in [0, 0.05) is 5.38 Å². The van der Waals surface area contributed by atoms with Crippen LogP contribution in [0.3, 0.4) is 0 Å². The number of nitrogens with zero attached hydrogens (tertiary/aromatic N) is 1. The summed E-state index contributed by atoms with van der Waals surface area (Å²) in [5.74, 6) is 5.61. The molecule has 1 aromatic carbocycles. The molecule has 1 atom stereocenters. The van der Waals surface area contributed by atoms with Gasteiger partial charge in [0.2, 0.25) is 0 Å². The Morgan fingerprint density at radius 3 is 2.82 bits per heavy atom. The van der Waals surface area contributed by atoms with Gasteiger partial charge in [0.25, 0.3) is 0 Å². The summed E-state index contributed by atoms with van der Waals surface area (Å²) < 4.78 is 0. The summed E-state index contributed by atoms with van der Waals surface area (Å²) in [5, 5.41) is 3.14. The molecule has 3 nitrogen and oxygen atoms in total. The second-order valence-electron chi connectivity index (χ2n) is 4.20. The largest absolute Gasteiger partial charge is 0.271 e. The van der Waals surface area contributed by atoms with E-state index in [4.69, 9.17) is 5.84 Å². The number of aryl methyl sites for hydroxylation is 2. The second-order valence-corrected chi connectivity index (χ2v) is 5.27. The molecular formula is C13H17N3S. The van der Waals surface area contributed by atoms with Gasteiger partial charge >= 0.3 is 0 Å². The van der Waals surface area contributed by atoms with E-state index in [1.54, 1.807) is 11.3 Å². The lowest BCUT2D eigenvalue weighted by atomic mass is 10.0. The predicted molar refractivity (Wildman–Crippen MR) is 71.8 cm³/mol. The van der Waals surface area contributed by atoms with Crippen molar-refractivity contribution in [3.63, 3.8) is 0 Å². The first-order valence-electron chi connectivity index (χ1n) is 5.62. The third-order valence-electron chi connectivity index (χ3n) is 2.72. The first-order valence-corrected chi connectivity index (χ1v) is 6.50. The van der Waals surface area contributed by atoms with Crippen LogP contribution in [0, 0.1) is 13.8 Å².